The molecule has 1 saturated heterocycles. The van der Waals surface area contributed by atoms with E-state index in [0.29, 0.717) is 19.8 Å². The number of benzene rings is 2. The fourth-order valence-electron chi connectivity index (χ4n) is 3.22. The van der Waals surface area contributed by atoms with Gasteiger partial charge in [0.25, 0.3) is 0 Å². The number of ether oxygens (including phenoxy) is 2. The van der Waals surface area contributed by atoms with Crippen LogP contribution in [0.2, 0.25) is 0 Å². The summed E-state index contributed by atoms with van der Waals surface area (Å²) in [6, 6.07) is 18.2. The third kappa shape index (κ3) is 5.46. The van der Waals surface area contributed by atoms with Gasteiger partial charge in [-0.05, 0) is 29.8 Å². The quantitative estimate of drug-likeness (QED) is 0.787. The van der Waals surface area contributed by atoms with Crippen LogP contribution in [0.3, 0.4) is 0 Å². The molecule has 26 heavy (non-hydrogen) atoms. The summed E-state index contributed by atoms with van der Waals surface area (Å²) < 4.78 is 10.8. The first-order valence-corrected chi connectivity index (χ1v) is 9.15. The Hall–Kier alpha value is -2.08. The van der Waals surface area contributed by atoms with Crippen molar-refractivity contribution in [1.82, 2.24) is 4.90 Å². The van der Waals surface area contributed by atoms with Gasteiger partial charge in [0, 0.05) is 38.4 Å². The Labute approximate surface area is 155 Å². The smallest absolute Gasteiger partial charge is 0.119 e. The lowest BCUT2D eigenvalue weighted by molar-refractivity contribution is 0.00914. The van der Waals surface area contributed by atoms with Crippen LogP contribution in [-0.4, -0.2) is 62.6 Å². The Bertz CT molecular complexity index is 640. The van der Waals surface area contributed by atoms with E-state index in [1.165, 1.54) is 5.69 Å². The molecule has 0 bridgehead atoms. The molecular formula is C21H28N2O3. The second kappa shape index (κ2) is 9.57. The average molecular weight is 356 g/mol. The maximum Gasteiger partial charge on any atom is 0.119 e. The number of hydrogen-bond acceptors (Lipinski definition) is 5. The summed E-state index contributed by atoms with van der Waals surface area (Å²) in [4.78, 5) is 4.67. The van der Waals surface area contributed by atoms with Gasteiger partial charge in [0.15, 0.2) is 0 Å². The molecule has 2 aromatic carbocycles. The number of piperazine rings is 1. The van der Waals surface area contributed by atoms with Crippen LogP contribution in [0.15, 0.2) is 54.6 Å². The summed E-state index contributed by atoms with van der Waals surface area (Å²) in [5, 5.41) is 10.2. The molecule has 5 heteroatoms. The number of nitrogens with zero attached hydrogens (tertiary/aromatic N) is 2. The highest BCUT2D eigenvalue weighted by atomic mass is 16.5. The Balaban J connectivity index is 1.36. The number of methoxy groups -OCH3 is 1. The van der Waals surface area contributed by atoms with Crippen LogP contribution >= 0.6 is 0 Å². The van der Waals surface area contributed by atoms with Gasteiger partial charge >= 0.3 is 0 Å². The van der Waals surface area contributed by atoms with E-state index in [0.717, 1.165) is 37.5 Å². The van der Waals surface area contributed by atoms with E-state index in [-0.39, 0.29) is 0 Å². The second-order valence-corrected chi connectivity index (χ2v) is 6.64. The van der Waals surface area contributed by atoms with Crippen molar-refractivity contribution in [2.45, 2.75) is 12.7 Å². The number of β-amino-alcohol motifs (C(OH)–C–C–N with tert-alkyl or cyclic N) is 1. The molecule has 0 spiro atoms. The van der Waals surface area contributed by atoms with Gasteiger partial charge in [0.2, 0.25) is 0 Å². The van der Waals surface area contributed by atoms with Crippen molar-refractivity contribution in [2.75, 3.05) is 51.3 Å². The van der Waals surface area contributed by atoms with Gasteiger partial charge in [-0.15, -0.1) is 0 Å². The first-order valence-electron chi connectivity index (χ1n) is 9.15. The van der Waals surface area contributed by atoms with Gasteiger partial charge in [-0.2, -0.15) is 0 Å². The second-order valence-electron chi connectivity index (χ2n) is 6.64. The third-order valence-corrected chi connectivity index (χ3v) is 4.70. The minimum absolute atomic E-state index is 0.369. The molecule has 1 aliphatic heterocycles. The lowest BCUT2D eigenvalue weighted by Gasteiger charge is -2.36. The predicted octanol–water partition coefficient (Wildman–Crippen LogP) is 2.39. The molecular weight excluding hydrogens is 328 g/mol. The highest BCUT2D eigenvalue weighted by Gasteiger charge is 2.19. The van der Waals surface area contributed by atoms with Crippen LogP contribution < -0.4 is 9.64 Å². The van der Waals surface area contributed by atoms with Gasteiger partial charge < -0.3 is 19.5 Å². The topological polar surface area (TPSA) is 45.2 Å². The number of aliphatic hydroxyl groups is 1. The van der Waals surface area contributed by atoms with Gasteiger partial charge in [0.1, 0.15) is 5.75 Å². The van der Waals surface area contributed by atoms with E-state index in [1.54, 1.807) is 7.11 Å². The summed E-state index contributed by atoms with van der Waals surface area (Å²) in [6.45, 7) is 5.39. The molecule has 0 saturated carbocycles. The molecule has 3 rings (SSSR count). The molecule has 0 aromatic heterocycles. The van der Waals surface area contributed by atoms with E-state index in [4.69, 9.17) is 9.47 Å². The molecule has 5 nitrogen and oxygen atoms in total. The summed E-state index contributed by atoms with van der Waals surface area (Å²) >= 11 is 0. The first kappa shape index (κ1) is 18.7. The van der Waals surface area contributed by atoms with E-state index in [9.17, 15) is 5.11 Å². The predicted molar refractivity (Wildman–Crippen MR) is 104 cm³/mol. The van der Waals surface area contributed by atoms with Gasteiger partial charge in [-0.25, -0.2) is 0 Å². The van der Waals surface area contributed by atoms with Crippen molar-refractivity contribution >= 4 is 5.69 Å². The third-order valence-electron chi connectivity index (χ3n) is 4.70. The molecule has 0 unspecified atom stereocenters. The number of rotatable bonds is 8. The van der Waals surface area contributed by atoms with E-state index in [1.807, 2.05) is 42.5 Å². The molecule has 1 atom stereocenters. The van der Waals surface area contributed by atoms with Crippen molar-refractivity contribution < 1.29 is 14.6 Å². The molecule has 140 valence electrons. The maximum absolute atomic E-state index is 10.2. The van der Waals surface area contributed by atoms with Crippen LogP contribution in [0.1, 0.15) is 5.56 Å². The lowest BCUT2D eigenvalue weighted by Crippen LogP contribution is -2.49. The van der Waals surface area contributed by atoms with Crippen molar-refractivity contribution in [3.63, 3.8) is 0 Å². The molecule has 1 N–H and O–H groups in total. The van der Waals surface area contributed by atoms with Gasteiger partial charge in [-0.1, -0.05) is 30.3 Å². The van der Waals surface area contributed by atoms with Gasteiger partial charge in [0.05, 0.1) is 26.4 Å². The van der Waals surface area contributed by atoms with E-state index >= 15 is 0 Å². The monoisotopic (exact) mass is 356 g/mol. The Morgan fingerprint density at radius 2 is 1.65 bits per heavy atom. The molecule has 1 heterocycles. The van der Waals surface area contributed by atoms with Crippen molar-refractivity contribution in [1.29, 1.82) is 0 Å². The summed E-state index contributed by atoms with van der Waals surface area (Å²) in [5.74, 6) is 0.881. The molecule has 1 aliphatic rings. The van der Waals surface area contributed by atoms with Crippen LogP contribution in [0.25, 0.3) is 0 Å². The van der Waals surface area contributed by atoms with Crippen LogP contribution in [0.4, 0.5) is 5.69 Å². The summed E-state index contributed by atoms with van der Waals surface area (Å²) in [7, 11) is 1.68. The first-order chi connectivity index (χ1) is 12.7. The Morgan fingerprint density at radius 1 is 0.962 bits per heavy atom. The van der Waals surface area contributed by atoms with Crippen molar-refractivity contribution in [3.8, 4) is 5.75 Å². The van der Waals surface area contributed by atoms with Crippen LogP contribution in [0, 0.1) is 0 Å². The molecule has 0 radical (unpaired) electrons. The Morgan fingerprint density at radius 3 is 2.31 bits per heavy atom. The number of aliphatic hydroxyl groups excluding tert-OH is 1. The standard InChI is InChI=1S/C21H28N2O3/c1-25-21-9-7-19(8-10-21)23-13-11-22(12-14-23)15-20(24)17-26-16-18-5-3-2-4-6-18/h2-10,20,24H,11-17H2,1H3/t20-/m1/s1. The van der Waals surface area contributed by atoms with Crippen molar-refractivity contribution in [3.05, 3.63) is 60.2 Å². The molecule has 0 aliphatic carbocycles. The summed E-state index contributed by atoms with van der Waals surface area (Å²) in [5.41, 5.74) is 2.35. The molecule has 2 aromatic rings. The summed E-state index contributed by atoms with van der Waals surface area (Å²) in [6.07, 6.45) is -0.453. The normalized spacial score (nSPS) is 16.5. The highest BCUT2D eigenvalue weighted by molar-refractivity contribution is 5.49. The highest BCUT2D eigenvalue weighted by Crippen LogP contribution is 2.20. The zero-order valence-corrected chi connectivity index (χ0v) is 15.4. The maximum atomic E-state index is 10.2. The molecule has 1 fully saturated rings. The number of anilines is 1. The fraction of sp³-hybridized carbons (Fsp3) is 0.429. The van der Waals surface area contributed by atoms with E-state index in [2.05, 4.69) is 21.9 Å². The largest absolute Gasteiger partial charge is 0.497 e. The minimum Gasteiger partial charge on any atom is -0.497 e. The van der Waals surface area contributed by atoms with E-state index < -0.39 is 6.10 Å². The minimum atomic E-state index is -0.453. The van der Waals surface area contributed by atoms with Crippen LogP contribution in [0.5, 0.6) is 5.75 Å². The zero-order chi connectivity index (χ0) is 18.2. The zero-order valence-electron chi connectivity index (χ0n) is 15.4. The average Bonchev–Trinajstić information content (AvgIpc) is 2.69. The molecule has 0 amide bonds. The Kier molecular flexibility index (Phi) is 6.89. The number of hydrogen-bond donors (Lipinski definition) is 1. The van der Waals surface area contributed by atoms with Crippen molar-refractivity contribution in [2.24, 2.45) is 0 Å². The fourth-order valence-corrected chi connectivity index (χ4v) is 3.22. The van der Waals surface area contributed by atoms with Crippen LogP contribution in [-0.2, 0) is 11.3 Å². The lowest BCUT2D eigenvalue weighted by atomic mass is 10.2. The van der Waals surface area contributed by atoms with Gasteiger partial charge in [-0.3, -0.25) is 4.90 Å². The SMILES string of the molecule is COc1ccc(N2CCN(C[C@@H](O)COCc3ccccc3)CC2)cc1.